The first-order chi connectivity index (χ1) is 5.34. The number of hydrogen-bond acceptors (Lipinski definition) is 4. The van der Waals surface area contributed by atoms with E-state index in [0.29, 0.717) is 0 Å². The molecule has 1 aliphatic carbocycles. The Hall–Kier alpha value is -1.14. The number of hydrogen-bond donors (Lipinski definition) is 4. The lowest BCUT2D eigenvalue weighted by Crippen LogP contribution is -2.75. The van der Waals surface area contributed by atoms with Crippen LogP contribution in [0.3, 0.4) is 0 Å². The zero-order valence-electron chi connectivity index (χ0n) is 6.28. The molecule has 0 spiro atoms. The Bertz CT molecular complexity index is 234. The van der Waals surface area contributed by atoms with Gasteiger partial charge in [0.05, 0.1) is 5.66 Å². The summed E-state index contributed by atoms with van der Waals surface area (Å²) in [5.41, 5.74) is 7.02. The van der Waals surface area contributed by atoms with E-state index >= 15 is 0 Å². The molecule has 0 bridgehead atoms. The van der Waals surface area contributed by atoms with Crippen molar-refractivity contribution in [1.29, 1.82) is 0 Å². The van der Waals surface area contributed by atoms with E-state index in [2.05, 4.69) is 0 Å². The smallest absolute Gasteiger partial charge is 0.324 e. The molecule has 0 aliphatic heterocycles. The Morgan fingerprint density at radius 2 is 1.50 bits per heavy atom. The Morgan fingerprint density at radius 3 is 1.50 bits per heavy atom. The van der Waals surface area contributed by atoms with E-state index < -0.39 is 23.0 Å². The van der Waals surface area contributed by atoms with Crippen LogP contribution in [0.25, 0.3) is 0 Å². The van der Waals surface area contributed by atoms with Gasteiger partial charge in [0.25, 0.3) is 0 Å². The molecular weight excluding hydrogens is 164 g/mol. The van der Waals surface area contributed by atoms with Crippen LogP contribution in [0.1, 0.15) is 12.8 Å². The van der Waals surface area contributed by atoms with Crippen LogP contribution in [-0.4, -0.2) is 27.8 Å². The summed E-state index contributed by atoms with van der Waals surface area (Å²) in [4.78, 5) is 21.2. The molecule has 1 saturated carbocycles. The van der Waals surface area contributed by atoms with Gasteiger partial charge in [0.15, 0.2) is 5.41 Å². The predicted octanol–water partition coefficient (Wildman–Crippen LogP) is -1.45. The second kappa shape index (κ2) is 2.18. The summed E-state index contributed by atoms with van der Waals surface area (Å²) >= 11 is 0. The molecule has 1 aliphatic rings. The molecule has 6 nitrogen and oxygen atoms in total. The fraction of sp³-hybridized carbons (Fsp3) is 0.667. The summed E-state index contributed by atoms with van der Waals surface area (Å²) in [7, 11) is 0. The topological polar surface area (TPSA) is 127 Å². The molecule has 0 aromatic heterocycles. The molecule has 0 aromatic rings. The van der Waals surface area contributed by atoms with Crippen molar-refractivity contribution in [3.8, 4) is 0 Å². The van der Waals surface area contributed by atoms with Gasteiger partial charge in [-0.3, -0.25) is 9.59 Å². The summed E-state index contributed by atoms with van der Waals surface area (Å²) in [5.74, 6) is -2.93. The van der Waals surface area contributed by atoms with Gasteiger partial charge in [0.2, 0.25) is 0 Å². The first-order valence-corrected chi connectivity index (χ1v) is 3.39. The summed E-state index contributed by atoms with van der Waals surface area (Å²) in [5, 5.41) is 17.3. The number of nitrogens with two attached hydrogens (primary N) is 2. The zero-order chi connectivity index (χ0) is 9.57. The van der Waals surface area contributed by atoms with Gasteiger partial charge in [-0.1, -0.05) is 0 Å². The van der Waals surface area contributed by atoms with Crippen LogP contribution in [0.2, 0.25) is 0 Å². The van der Waals surface area contributed by atoms with Gasteiger partial charge in [-0.25, -0.2) is 0 Å². The summed E-state index contributed by atoms with van der Waals surface area (Å²) in [6, 6.07) is 0. The highest BCUT2D eigenvalue weighted by Gasteiger charge is 2.66. The molecule has 0 aromatic carbocycles. The van der Waals surface area contributed by atoms with Crippen LogP contribution in [0, 0.1) is 5.41 Å². The molecule has 68 valence electrons. The molecule has 1 fully saturated rings. The van der Waals surface area contributed by atoms with Crippen molar-refractivity contribution in [1.82, 2.24) is 0 Å². The van der Waals surface area contributed by atoms with E-state index in [-0.39, 0.29) is 12.8 Å². The van der Waals surface area contributed by atoms with Gasteiger partial charge >= 0.3 is 11.9 Å². The van der Waals surface area contributed by atoms with Crippen molar-refractivity contribution >= 4 is 11.9 Å². The number of carbonyl (C=O) groups is 2. The van der Waals surface area contributed by atoms with Gasteiger partial charge in [-0.15, -0.1) is 0 Å². The minimum Gasteiger partial charge on any atom is -0.480 e. The number of rotatable bonds is 2. The lowest BCUT2D eigenvalue weighted by Gasteiger charge is -2.48. The quantitative estimate of drug-likeness (QED) is 0.299. The van der Waals surface area contributed by atoms with Crippen LogP contribution in [-0.2, 0) is 9.59 Å². The molecule has 0 radical (unpaired) electrons. The SMILES string of the molecule is NC1(N)CCC1(C(=O)O)C(=O)O. The molecule has 0 saturated heterocycles. The predicted molar refractivity (Wildman–Crippen MR) is 38.0 cm³/mol. The van der Waals surface area contributed by atoms with E-state index in [1.807, 2.05) is 0 Å². The third-order valence-corrected chi connectivity index (χ3v) is 2.44. The average molecular weight is 174 g/mol. The van der Waals surface area contributed by atoms with Crippen molar-refractivity contribution in [2.45, 2.75) is 18.5 Å². The first kappa shape index (κ1) is 8.95. The van der Waals surface area contributed by atoms with Gasteiger partial charge in [-0.05, 0) is 12.8 Å². The largest absolute Gasteiger partial charge is 0.480 e. The lowest BCUT2D eigenvalue weighted by molar-refractivity contribution is -0.181. The number of carboxylic acids is 2. The molecule has 12 heavy (non-hydrogen) atoms. The fourth-order valence-corrected chi connectivity index (χ4v) is 1.37. The maximum absolute atomic E-state index is 10.6. The van der Waals surface area contributed by atoms with Crippen LogP contribution in [0.15, 0.2) is 0 Å². The first-order valence-electron chi connectivity index (χ1n) is 3.39. The van der Waals surface area contributed by atoms with Crippen molar-refractivity contribution in [3.05, 3.63) is 0 Å². The second-order valence-corrected chi connectivity index (χ2v) is 3.06. The Balaban J connectivity index is 3.06. The van der Waals surface area contributed by atoms with Crippen molar-refractivity contribution in [3.63, 3.8) is 0 Å². The van der Waals surface area contributed by atoms with Gasteiger partial charge in [0.1, 0.15) is 0 Å². The van der Waals surface area contributed by atoms with Crippen molar-refractivity contribution < 1.29 is 19.8 Å². The monoisotopic (exact) mass is 174 g/mol. The highest BCUT2D eigenvalue weighted by Crippen LogP contribution is 2.45. The van der Waals surface area contributed by atoms with E-state index in [1.165, 1.54) is 0 Å². The van der Waals surface area contributed by atoms with Gasteiger partial charge in [-0.2, -0.15) is 0 Å². The van der Waals surface area contributed by atoms with E-state index in [1.54, 1.807) is 0 Å². The molecule has 0 heterocycles. The highest BCUT2D eigenvalue weighted by molar-refractivity contribution is 6.01. The maximum atomic E-state index is 10.6. The molecule has 0 atom stereocenters. The molecular formula is C6H10N2O4. The average Bonchev–Trinajstić information content (AvgIpc) is 1.84. The summed E-state index contributed by atoms with van der Waals surface area (Å²) < 4.78 is 0. The van der Waals surface area contributed by atoms with Gasteiger partial charge in [0, 0.05) is 0 Å². The highest BCUT2D eigenvalue weighted by atomic mass is 16.4. The van der Waals surface area contributed by atoms with Crippen LogP contribution < -0.4 is 11.5 Å². The Morgan fingerprint density at radius 1 is 1.08 bits per heavy atom. The van der Waals surface area contributed by atoms with E-state index in [4.69, 9.17) is 21.7 Å². The third kappa shape index (κ3) is 0.759. The fourth-order valence-electron chi connectivity index (χ4n) is 1.37. The molecule has 1 rings (SSSR count). The molecule has 6 heteroatoms. The minimum atomic E-state index is -1.99. The molecule has 6 N–H and O–H groups in total. The minimum absolute atomic E-state index is 0.00926. The maximum Gasteiger partial charge on any atom is 0.324 e. The Kier molecular flexibility index (Phi) is 1.62. The second-order valence-electron chi connectivity index (χ2n) is 3.06. The number of aliphatic carboxylic acids is 2. The normalized spacial score (nSPS) is 24.2. The molecule has 0 unspecified atom stereocenters. The summed E-state index contributed by atoms with van der Waals surface area (Å²) in [6.45, 7) is 0. The van der Waals surface area contributed by atoms with Crippen LogP contribution in [0.5, 0.6) is 0 Å². The van der Waals surface area contributed by atoms with Crippen LogP contribution >= 0.6 is 0 Å². The molecule has 0 amide bonds. The van der Waals surface area contributed by atoms with Crippen molar-refractivity contribution in [2.24, 2.45) is 16.9 Å². The number of carboxylic acid groups (broad SMARTS) is 2. The lowest BCUT2D eigenvalue weighted by atomic mass is 9.60. The van der Waals surface area contributed by atoms with Crippen molar-refractivity contribution in [2.75, 3.05) is 0 Å². The van der Waals surface area contributed by atoms with E-state index in [0.717, 1.165) is 0 Å². The Labute approximate surface area is 68.1 Å². The third-order valence-electron chi connectivity index (χ3n) is 2.44. The zero-order valence-corrected chi connectivity index (χ0v) is 6.28. The van der Waals surface area contributed by atoms with E-state index in [9.17, 15) is 9.59 Å². The van der Waals surface area contributed by atoms with Gasteiger partial charge < -0.3 is 21.7 Å². The van der Waals surface area contributed by atoms with Crippen LogP contribution in [0.4, 0.5) is 0 Å². The summed E-state index contributed by atoms with van der Waals surface area (Å²) in [6.07, 6.45) is 0.205. The standard InChI is InChI=1S/C6H10N2O4/c7-6(8)2-1-5(6,3(9)10)4(11)12/h1-2,7-8H2,(H,9,10)(H,11,12).